The van der Waals surface area contributed by atoms with Crippen molar-refractivity contribution in [2.75, 3.05) is 13.1 Å². The van der Waals surface area contributed by atoms with Gasteiger partial charge in [-0.05, 0) is 17.7 Å². The zero-order valence-corrected chi connectivity index (χ0v) is 7.33. The van der Waals surface area contributed by atoms with Gasteiger partial charge in [0.2, 0.25) is 0 Å². The first-order valence-corrected chi connectivity index (χ1v) is 4.51. The highest BCUT2D eigenvalue weighted by Gasteiger charge is 2.36. The fourth-order valence-electron chi connectivity index (χ4n) is 1.81. The van der Waals surface area contributed by atoms with Crippen LogP contribution in [0.15, 0.2) is 24.3 Å². The Balaban J connectivity index is 2.29. The molecule has 1 aliphatic heterocycles. The molecule has 1 saturated heterocycles. The Morgan fingerprint density at radius 2 is 2.00 bits per heavy atom. The van der Waals surface area contributed by atoms with Gasteiger partial charge in [0.25, 0.3) is 0 Å². The third-order valence-electron chi connectivity index (χ3n) is 2.63. The number of aliphatic hydroxyl groups is 1. The molecular formula is C10H13FNO+. The number of benzene rings is 1. The first kappa shape index (κ1) is 8.66. The third kappa shape index (κ3) is 1.57. The smallest absolute Gasteiger partial charge is 0.143 e. The van der Waals surface area contributed by atoms with Gasteiger partial charge in [-0.25, -0.2) is 4.39 Å². The van der Waals surface area contributed by atoms with Crippen LogP contribution in [-0.4, -0.2) is 18.2 Å². The molecule has 0 amide bonds. The maximum absolute atomic E-state index is 12.6. The van der Waals surface area contributed by atoms with Crippen molar-refractivity contribution in [2.24, 2.45) is 0 Å². The molecule has 13 heavy (non-hydrogen) atoms. The largest absolute Gasteiger partial charge is 0.379 e. The second-order valence-electron chi connectivity index (χ2n) is 3.57. The summed E-state index contributed by atoms with van der Waals surface area (Å²) in [6, 6.07) is 6.11. The summed E-state index contributed by atoms with van der Waals surface area (Å²) in [7, 11) is 0. The van der Waals surface area contributed by atoms with Crippen LogP contribution in [0.3, 0.4) is 0 Å². The number of halogens is 1. The van der Waals surface area contributed by atoms with E-state index in [0.717, 1.165) is 18.5 Å². The molecule has 1 aliphatic rings. The van der Waals surface area contributed by atoms with E-state index < -0.39 is 5.60 Å². The van der Waals surface area contributed by atoms with Crippen molar-refractivity contribution in [2.45, 2.75) is 12.0 Å². The molecule has 0 radical (unpaired) electrons. The molecule has 1 atom stereocenters. The maximum atomic E-state index is 12.6. The van der Waals surface area contributed by atoms with Gasteiger partial charge < -0.3 is 10.4 Å². The van der Waals surface area contributed by atoms with E-state index in [4.69, 9.17) is 0 Å². The number of nitrogens with two attached hydrogens (primary N) is 1. The average Bonchev–Trinajstić information content (AvgIpc) is 2.54. The number of hydrogen-bond donors (Lipinski definition) is 2. The van der Waals surface area contributed by atoms with E-state index in [2.05, 4.69) is 5.32 Å². The summed E-state index contributed by atoms with van der Waals surface area (Å²) in [5.41, 5.74) is 0.0795. The van der Waals surface area contributed by atoms with Crippen LogP contribution in [0.1, 0.15) is 12.0 Å². The summed E-state index contributed by atoms with van der Waals surface area (Å²) in [5.74, 6) is -0.255. The second-order valence-corrected chi connectivity index (χ2v) is 3.57. The van der Waals surface area contributed by atoms with Crippen molar-refractivity contribution in [3.8, 4) is 0 Å². The predicted octanol–water partition coefficient (Wildman–Crippen LogP) is -0.0196. The highest BCUT2D eigenvalue weighted by molar-refractivity contribution is 5.23. The molecule has 70 valence electrons. The summed E-state index contributed by atoms with van der Waals surface area (Å²) >= 11 is 0. The lowest BCUT2D eigenvalue weighted by molar-refractivity contribution is -0.642. The molecule has 3 N–H and O–H groups in total. The molecule has 1 aromatic carbocycles. The van der Waals surface area contributed by atoms with Gasteiger partial charge in [-0.2, -0.15) is 0 Å². The zero-order chi connectivity index (χ0) is 9.31. The van der Waals surface area contributed by atoms with Gasteiger partial charge in [-0.1, -0.05) is 12.1 Å². The highest BCUT2D eigenvalue weighted by Crippen LogP contribution is 2.24. The zero-order valence-electron chi connectivity index (χ0n) is 7.33. The minimum absolute atomic E-state index is 0.255. The number of rotatable bonds is 1. The SMILES string of the molecule is O[C@]1(c2ccc(F)cc2)CC[NH2+]C1. The van der Waals surface area contributed by atoms with Gasteiger partial charge in [-0.15, -0.1) is 0 Å². The molecule has 2 nitrogen and oxygen atoms in total. The maximum Gasteiger partial charge on any atom is 0.143 e. The van der Waals surface area contributed by atoms with E-state index in [1.165, 1.54) is 12.1 Å². The van der Waals surface area contributed by atoms with Crippen LogP contribution in [-0.2, 0) is 5.60 Å². The Bertz CT molecular complexity index is 290. The second kappa shape index (κ2) is 3.09. The van der Waals surface area contributed by atoms with Crippen molar-refractivity contribution in [1.82, 2.24) is 0 Å². The first-order valence-electron chi connectivity index (χ1n) is 4.51. The fraction of sp³-hybridized carbons (Fsp3) is 0.400. The minimum atomic E-state index is -0.742. The molecular weight excluding hydrogens is 169 g/mol. The lowest BCUT2D eigenvalue weighted by Crippen LogP contribution is -2.82. The van der Waals surface area contributed by atoms with Crippen LogP contribution in [0, 0.1) is 5.82 Å². The number of hydrogen-bond acceptors (Lipinski definition) is 1. The monoisotopic (exact) mass is 182 g/mol. The van der Waals surface area contributed by atoms with E-state index >= 15 is 0 Å². The molecule has 0 bridgehead atoms. The summed E-state index contributed by atoms with van der Waals surface area (Å²) in [6.07, 6.45) is 0.749. The third-order valence-corrected chi connectivity index (χ3v) is 2.63. The highest BCUT2D eigenvalue weighted by atomic mass is 19.1. The number of quaternary nitrogens is 1. The molecule has 2 rings (SSSR count). The van der Waals surface area contributed by atoms with Gasteiger partial charge in [0.15, 0.2) is 0 Å². The Morgan fingerprint density at radius 3 is 2.54 bits per heavy atom. The van der Waals surface area contributed by atoms with Crippen LogP contribution >= 0.6 is 0 Å². The van der Waals surface area contributed by atoms with Gasteiger partial charge in [0.1, 0.15) is 18.0 Å². The van der Waals surface area contributed by atoms with E-state index in [0.29, 0.717) is 6.54 Å². The average molecular weight is 182 g/mol. The van der Waals surface area contributed by atoms with Crippen LogP contribution in [0.4, 0.5) is 4.39 Å². The Kier molecular flexibility index (Phi) is 2.06. The Labute approximate surface area is 76.4 Å². The molecule has 1 heterocycles. The molecule has 1 fully saturated rings. The molecule has 3 heteroatoms. The molecule has 0 aliphatic carbocycles. The summed E-state index contributed by atoms with van der Waals surface area (Å²) < 4.78 is 12.6. The molecule has 1 aromatic rings. The summed E-state index contributed by atoms with van der Waals surface area (Å²) in [5, 5.41) is 12.2. The van der Waals surface area contributed by atoms with Crippen molar-refractivity contribution in [3.05, 3.63) is 35.6 Å². The minimum Gasteiger partial charge on any atom is -0.379 e. The lowest BCUT2D eigenvalue weighted by atomic mass is 9.93. The lowest BCUT2D eigenvalue weighted by Gasteiger charge is -2.18. The van der Waals surface area contributed by atoms with Crippen LogP contribution in [0.2, 0.25) is 0 Å². The first-order chi connectivity index (χ1) is 6.21. The normalized spacial score (nSPS) is 27.8. The van der Waals surface area contributed by atoms with Crippen LogP contribution in [0.5, 0.6) is 0 Å². The molecule has 0 unspecified atom stereocenters. The molecule has 0 spiro atoms. The summed E-state index contributed by atoms with van der Waals surface area (Å²) in [6.45, 7) is 1.62. The topological polar surface area (TPSA) is 36.8 Å². The fourth-order valence-corrected chi connectivity index (χ4v) is 1.81. The van der Waals surface area contributed by atoms with E-state index in [1.807, 2.05) is 0 Å². The Hall–Kier alpha value is -0.930. The van der Waals surface area contributed by atoms with Gasteiger partial charge >= 0.3 is 0 Å². The quantitative estimate of drug-likeness (QED) is 0.629. The van der Waals surface area contributed by atoms with Crippen molar-refractivity contribution in [3.63, 3.8) is 0 Å². The van der Waals surface area contributed by atoms with Gasteiger partial charge in [0.05, 0.1) is 6.54 Å². The van der Waals surface area contributed by atoms with Gasteiger partial charge in [0, 0.05) is 6.42 Å². The van der Waals surface area contributed by atoms with Crippen LogP contribution in [0.25, 0.3) is 0 Å². The summed E-state index contributed by atoms with van der Waals surface area (Å²) in [4.78, 5) is 0. The van der Waals surface area contributed by atoms with E-state index in [-0.39, 0.29) is 5.82 Å². The predicted molar refractivity (Wildman–Crippen MR) is 46.6 cm³/mol. The van der Waals surface area contributed by atoms with Crippen molar-refractivity contribution < 1.29 is 14.8 Å². The Morgan fingerprint density at radius 1 is 1.31 bits per heavy atom. The molecule has 0 aromatic heterocycles. The van der Waals surface area contributed by atoms with Crippen molar-refractivity contribution >= 4 is 0 Å². The van der Waals surface area contributed by atoms with Crippen LogP contribution < -0.4 is 5.32 Å². The van der Waals surface area contributed by atoms with E-state index in [1.54, 1.807) is 12.1 Å². The van der Waals surface area contributed by atoms with E-state index in [9.17, 15) is 9.50 Å². The van der Waals surface area contributed by atoms with Crippen molar-refractivity contribution in [1.29, 1.82) is 0 Å². The molecule has 0 saturated carbocycles. The standard InChI is InChI=1S/C10H12FNO/c11-9-3-1-8(2-4-9)10(13)5-6-12-7-10/h1-4,12-13H,5-7H2/p+1/t10-/m1/s1. The van der Waals surface area contributed by atoms with Gasteiger partial charge in [-0.3, -0.25) is 0 Å².